The number of aromatic nitrogens is 2. The lowest BCUT2D eigenvalue weighted by Gasteiger charge is -2.25. The zero-order valence-electron chi connectivity index (χ0n) is 13.9. The first-order chi connectivity index (χ1) is 11.1. The van der Waals surface area contributed by atoms with Crippen LogP contribution in [0.3, 0.4) is 0 Å². The van der Waals surface area contributed by atoms with E-state index in [1.165, 1.54) is 0 Å². The second-order valence-corrected chi connectivity index (χ2v) is 6.22. The van der Waals surface area contributed by atoms with E-state index in [-0.39, 0.29) is 18.0 Å². The molecule has 0 aliphatic carbocycles. The summed E-state index contributed by atoms with van der Waals surface area (Å²) in [5.74, 6) is 0.783. The number of carbonyl (C=O) groups is 1. The van der Waals surface area contributed by atoms with Crippen LogP contribution in [0.15, 0.2) is 24.3 Å². The van der Waals surface area contributed by atoms with E-state index in [0.717, 1.165) is 23.4 Å². The van der Waals surface area contributed by atoms with Gasteiger partial charge in [-0.1, -0.05) is 12.1 Å². The predicted octanol–water partition coefficient (Wildman–Crippen LogP) is 1.78. The lowest BCUT2D eigenvalue weighted by Crippen LogP contribution is -2.48. The van der Waals surface area contributed by atoms with Crippen LogP contribution in [-0.4, -0.2) is 41.3 Å². The summed E-state index contributed by atoms with van der Waals surface area (Å²) in [6, 6.07) is 8.15. The second kappa shape index (κ2) is 6.68. The fourth-order valence-corrected chi connectivity index (χ4v) is 3.02. The molecule has 1 aromatic carbocycles. The van der Waals surface area contributed by atoms with Crippen LogP contribution in [0.1, 0.15) is 38.7 Å². The average molecular weight is 316 g/mol. The summed E-state index contributed by atoms with van der Waals surface area (Å²) in [4.78, 5) is 17.1. The van der Waals surface area contributed by atoms with Crippen LogP contribution in [0.2, 0.25) is 0 Å². The fourth-order valence-electron chi connectivity index (χ4n) is 3.02. The minimum atomic E-state index is -0.428. The quantitative estimate of drug-likeness (QED) is 0.902. The number of hydrogen-bond donors (Lipinski definition) is 2. The van der Waals surface area contributed by atoms with Gasteiger partial charge in [0, 0.05) is 19.1 Å². The van der Waals surface area contributed by atoms with Crippen molar-refractivity contribution in [1.29, 1.82) is 0 Å². The number of nitrogens with one attached hydrogen (secondary N) is 2. The molecule has 2 heterocycles. The van der Waals surface area contributed by atoms with Gasteiger partial charge in [0.05, 0.1) is 23.7 Å². The van der Waals surface area contributed by atoms with E-state index in [0.29, 0.717) is 13.2 Å². The van der Waals surface area contributed by atoms with Gasteiger partial charge in [-0.3, -0.25) is 4.79 Å². The van der Waals surface area contributed by atoms with Gasteiger partial charge in [0.25, 0.3) is 5.91 Å². The van der Waals surface area contributed by atoms with Gasteiger partial charge in [-0.05, 0) is 32.9 Å². The molecule has 1 fully saturated rings. The topological polar surface area (TPSA) is 68.2 Å². The third kappa shape index (κ3) is 3.23. The van der Waals surface area contributed by atoms with E-state index in [2.05, 4.69) is 35.1 Å². The zero-order chi connectivity index (χ0) is 16.4. The number of nitrogens with zero attached hydrogens (tertiary/aromatic N) is 2. The molecule has 0 radical (unpaired) electrons. The number of hydrogen-bond acceptors (Lipinski definition) is 4. The summed E-state index contributed by atoms with van der Waals surface area (Å²) in [5.41, 5.74) is 2.04. The molecule has 1 aromatic heterocycles. The van der Waals surface area contributed by atoms with Crippen molar-refractivity contribution in [3.63, 3.8) is 0 Å². The standard InChI is InChI=1S/C17H24N4O2/c1-11(2)21-14-7-5-4-6-13(14)20-16(21)12(3)19-17(22)15-10-18-8-9-23-15/h4-7,11-12,15,18H,8-10H2,1-3H3,(H,19,22). The van der Waals surface area contributed by atoms with Gasteiger partial charge in [0.15, 0.2) is 0 Å². The van der Waals surface area contributed by atoms with Crippen LogP contribution < -0.4 is 10.6 Å². The van der Waals surface area contributed by atoms with Crippen molar-refractivity contribution in [2.24, 2.45) is 0 Å². The summed E-state index contributed by atoms with van der Waals surface area (Å²) < 4.78 is 7.69. The molecule has 0 spiro atoms. The molecule has 124 valence electrons. The maximum absolute atomic E-state index is 12.4. The number of imidazole rings is 1. The summed E-state index contributed by atoms with van der Waals surface area (Å²) in [6.45, 7) is 8.13. The molecule has 1 amide bonds. The van der Waals surface area contributed by atoms with Crippen molar-refractivity contribution in [2.45, 2.75) is 39.0 Å². The summed E-state index contributed by atoms with van der Waals surface area (Å²) in [6.07, 6.45) is -0.428. The number of benzene rings is 1. The van der Waals surface area contributed by atoms with E-state index < -0.39 is 6.10 Å². The molecule has 2 aromatic rings. The van der Waals surface area contributed by atoms with Crippen LogP contribution >= 0.6 is 0 Å². The van der Waals surface area contributed by atoms with Crippen LogP contribution in [0.4, 0.5) is 0 Å². The molecule has 2 atom stereocenters. The first-order valence-corrected chi connectivity index (χ1v) is 8.17. The maximum Gasteiger partial charge on any atom is 0.251 e. The Morgan fingerprint density at radius 1 is 1.39 bits per heavy atom. The zero-order valence-corrected chi connectivity index (χ0v) is 13.9. The number of fused-ring (bicyclic) bond motifs is 1. The molecule has 3 rings (SSSR count). The number of para-hydroxylation sites is 2. The fraction of sp³-hybridized carbons (Fsp3) is 0.529. The second-order valence-electron chi connectivity index (χ2n) is 6.22. The van der Waals surface area contributed by atoms with Crippen LogP contribution in [0, 0.1) is 0 Å². The Hall–Kier alpha value is -1.92. The van der Waals surface area contributed by atoms with Crippen molar-refractivity contribution in [3.05, 3.63) is 30.1 Å². The van der Waals surface area contributed by atoms with Gasteiger partial charge >= 0.3 is 0 Å². The molecule has 6 heteroatoms. The molecule has 0 saturated carbocycles. The van der Waals surface area contributed by atoms with E-state index in [9.17, 15) is 4.79 Å². The Bertz CT molecular complexity index is 689. The van der Waals surface area contributed by atoms with Crippen molar-refractivity contribution in [2.75, 3.05) is 19.7 Å². The van der Waals surface area contributed by atoms with Crippen molar-refractivity contribution in [3.8, 4) is 0 Å². The molecule has 1 saturated heterocycles. The molecular weight excluding hydrogens is 292 g/mol. The number of morpholine rings is 1. The van der Waals surface area contributed by atoms with Crippen molar-refractivity contribution in [1.82, 2.24) is 20.2 Å². The lowest BCUT2D eigenvalue weighted by molar-refractivity contribution is -0.135. The van der Waals surface area contributed by atoms with Crippen molar-refractivity contribution >= 4 is 16.9 Å². The Labute approximate surface area is 136 Å². The molecule has 6 nitrogen and oxygen atoms in total. The Kier molecular flexibility index (Phi) is 4.63. The first-order valence-electron chi connectivity index (χ1n) is 8.17. The number of carbonyl (C=O) groups excluding carboxylic acids is 1. The van der Waals surface area contributed by atoms with Crippen LogP contribution in [0.25, 0.3) is 11.0 Å². The van der Waals surface area contributed by atoms with Crippen LogP contribution in [0.5, 0.6) is 0 Å². The maximum atomic E-state index is 12.4. The van der Waals surface area contributed by atoms with Gasteiger partial charge < -0.3 is 19.9 Å². The van der Waals surface area contributed by atoms with E-state index in [4.69, 9.17) is 9.72 Å². The highest BCUT2D eigenvalue weighted by atomic mass is 16.5. The van der Waals surface area contributed by atoms with Crippen molar-refractivity contribution < 1.29 is 9.53 Å². The summed E-state index contributed by atoms with van der Waals surface area (Å²) >= 11 is 0. The SMILES string of the molecule is CC(NC(=O)C1CNCCO1)c1nc2ccccc2n1C(C)C. The third-order valence-electron chi connectivity index (χ3n) is 4.11. The van der Waals surface area contributed by atoms with Gasteiger partial charge in [-0.25, -0.2) is 4.98 Å². The highest BCUT2D eigenvalue weighted by Gasteiger charge is 2.25. The third-order valence-corrected chi connectivity index (χ3v) is 4.11. The monoisotopic (exact) mass is 316 g/mol. The predicted molar refractivity (Wildman–Crippen MR) is 89.3 cm³/mol. The Morgan fingerprint density at radius 2 is 2.17 bits per heavy atom. The number of amides is 1. The minimum absolute atomic E-state index is 0.0907. The smallest absolute Gasteiger partial charge is 0.251 e. The Balaban J connectivity index is 1.84. The lowest BCUT2D eigenvalue weighted by atomic mass is 10.2. The number of rotatable bonds is 4. The van der Waals surface area contributed by atoms with Crippen LogP contribution in [-0.2, 0) is 9.53 Å². The molecule has 1 aliphatic rings. The van der Waals surface area contributed by atoms with Gasteiger partial charge in [-0.2, -0.15) is 0 Å². The van der Waals surface area contributed by atoms with Gasteiger partial charge in [-0.15, -0.1) is 0 Å². The largest absolute Gasteiger partial charge is 0.366 e. The molecule has 23 heavy (non-hydrogen) atoms. The normalized spacial score (nSPS) is 19.9. The minimum Gasteiger partial charge on any atom is -0.366 e. The summed E-state index contributed by atoms with van der Waals surface area (Å²) in [7, 11) is 0. The Morgan fingerprint density at radius 3 is 2.87 bits per heavy atom. The first kappa shape index (κ1) is 16.0. The highest BCUT2D eigenvalue weighted by molar-refractivity contribution is 5.82. The highest BCUT2D eigenvalue weighted by Crippen LogP contribution is 2.24. The van der Waals surface area contributed by atoms with E-state index in [1.807, 2.05) is 25.1 Å². The average Bonchev–Trinajstić information content (AvgIpc) is 2.95. The molecule has 2 unspecified atom stereocenters. The van der Waals surface area contributed by atoms with Gasteiger partial charge in [0.2, 0.25) is 0 Å². The van der Waals surface area contributed by atoms with E-state index >= 15 is 0 Å². The summed E-state index contributed by atoms with van der Waals surface area (Å²) in [5, 5.41) is 6.21. The molecule has 2 N–H and O–H groups in total. The van der Waals surface area contributed by atoms with E-state index in [1.54, 1.807) is 0 Å². The molecular formula is C17H24N4O2. The van der Waals surface area contributed by atoms with Gasteiger partial charge in [0.1, 0.15) is 11.9 Å². The molecule has 0 bridgehead atoms. The molecule has 1 aliphatic heterocycles. The number of ether oxygens (including phenoxy) is 1.